The van der Waals surface area contributed by atoms with Crippen LogP contribution in [0.25, 0.3) is 0 Å². The molecule has 12 heteroatoms. The molecule has 1 saturated heterocycles. The second-order valence-corrected chi connectivity index (χ2v) is 11.4. The van der Waals surface area contributed by atoms with E-state index < -0.39 is 46.8 Å². The number of carbonyl (C=O) groups excluding carboxylic acids is 4. The summed E-state index contributed by atoms with van der Waals surface area (Å²) in [5, 5.41) is 12.7. The number of Topliss-reactive ketones (excluding diaryl/α,β-unsaturated/α-hetero) is 1. The Hall–Kier alpha value is -3.12. The number of ether oxygens (including phenoxy) is 1. The molecule has 3 amide bonds. The van der Waals surface area contributed by atoms with Crippen molar-refractivity contribution in [3.05, 3.63) is 69.8 Å². The number of amides is 3. The van der Waals surface area contributed by atoms with Crippen LogP contribution in [0.15, 0.2) is 48.5 Å². The lowest BCUT2D eigenvalue weighted by Crippen LogP contribution is -2.52. The van der Waals surface area contributed by atoms with Gasteiger partial charge in [-0.1, -0.05) is 31.9 Å². The fourth-order valence-corrected chi connectivity index (χ4v) is 7.56. The number of non-ortho nitro benzene ring substituents is 1. The summed E-state index contributed by atoms with van der Waals surface area (Å²) in [7, 11) is 1.49. The van der Waals surface area contributed by atoms with Crippen LogP contribution in [-0.4, -0.2) is 61.8 Å². The summed E-state index contributed by atoms with van der Waals surface area (Å²) in [5.74, 6) is -3.07. The summed E-state index contributed by atoms with van der Waals surface area (Å²) in [5.41, 5.74) is 0.0526. The Kier molecular flexibility index (Phi) is 6.65. The third-order valence-corrected chi connectivity index (χ3v) is 10.7. The molecule has 2 aromatic rings. The zero-order valence-electron chi connectivity index (χ0n) is 19.5. The molecule has 3 aliphatic rings. The first-order valence-corrected chi connectivity index (χ1v) is 13.4. The first-order chi connectivity index (χ1) is 17.6. The molecule has 2 aliphatic carbocycles. The van der Waals surface area contributed by atoms with Gasteiger partial charge in [0.15, 0.2) is 5.78 Å². The number of nitrogens with zero attached hydrogens (tertiary/aromatic N) is 3. The van der Waals surface area contributed by atoms with Crippen LogP contribution in [-0.2, 0) is 9.59 Å². The van der Waals surface area contributed by atoms with Gasteiger partial charge >= 0.3 is 0 Å². The van der Waals surface area contributed by atoms with Crippen molar-refractivity contribution < 1.29 is 28.8 Å². The lowest BCUT2D eigenvalue weighted by Gasteiger charge is -2.30. The number of hydrogen-bond acceptors (Lipinski definition) is 7. The summed E-state index contributed by atoms with van der Waals surface area (Å²) in [6.07, 6.45) is 0.716. The van der Waals surface area contributed by atoms with E-state index in [-0.39, 0.29) is 38.3 Å². The molecule has 6 atom stereocenters. The van der Waals surface area contributed by atoms with Crippen LogP contribution in [0.3, 0.4) is 0 Å². The van der Waals surface area contributed by atoms with Crippen molar-refractivity contribution in [1.29, 1.82) is 0 Å². The number of alkyl halides is 2. The predicted octanol–water partition coefficient (Wildman–Crippen LogP) is 3.62. The minimum atomic E-state index is -0.781. The summed E-state index contributed by atoms with van der Waals surface area (Å²) >= 11 is 7.28. The fraction of sp³-hybridized carbons (Fsp3) is 0.360. The highest BCUT2D eigenvalue weighted by Gasteiger charge is 2.67. The number of rotatable bonds is 7. The SMILES string of the molecule is COc1ccc(C(=O)CN(C(=O)c2ccc([N+](=O)[O-])cc2)N2C(=O)[C@@H]3[C@H]4C[C@@H]([C@@H](Br)[C@H]4Br)[C@H]3C2=O)cc1. The molecule has 1 aliphatic heterocycles. The number of imide groups is 1. The van der Waals surface area contributed by atoms with E-state index in [4.69, 9.17) is 4.74 Å². The molecule has 0 spiro atoms. The summed E-state index contributed by atoms with van der Waals surface area (Å²) < 4.78 is 5.12. The number of hydrazine groups is 1. The van der Waals surface area contributed by atoms with Gasteiger partial charge in [-0.15, -0.1) is 0 Å². The van der Waals surface area contributed by atoms with Gasteiger partial charge in [0, 0.05) is 32.9 Å². The van der Waals surface area contributed by atoms with Gasteiger partial charge in [0.2, 0.25) is 0 Å². The molecule has 0 radical (unpaired) electrons. The summed E-state index contributed by atoms with van der Waals surface area (Å²) in [4.78, 5) is 64.5. The highest BCUT2D eigenvalue weighted by atomic mass is 79.9. The van der Waals surface area contributed by atoms with E-state index in [0.29, 0.717) is 12.2 Å². The van der Waals surface area contributed by atoms with Crippen LogP contribution in [0, 0.1) is 33.8 Å². The van der Waals surface area contributed by atoms with Gasteiger partial charge < -0.3 is 4.74 Å². The molecule has 3 fully saturated rings. The molecule has 5 rings (SSSR count). The number of ketones is 1. The molecule has 37 heavy (non-hydrogen) atoms. The van der Waals surface area contributed by atoms with Gasteiger partial charge in [0.1, 0.15) is 12.3 Å². The normalized spacial score (nSPS) is 27.8. The topological polar surface area (TPSA) is 127 Å². The molecule has 2 bridgehead atoms. The van der Waals surface area contributed by atoms with Gasteiger partial charge in [-0.05, 0) is 54.7 Å². The number of nitro groups is 1. The number of nitro benzene ring substituents is 1. The second kappa shape index (κ2) is 9.64. The minimum absolute atomic E-state index is 0.00509. The van der Waals surface area contributed by atoms with Gasteiger partial charge in [-0.2, -0.15) is 5.01 Å². The number of hydrogen-bond donors (Lipinski definition) is 0. The molecular formula is C25H21Br2N3O7. The molecule has 0 N–H and O–H groups in total. The Labute approximate surface area is 228 Å². The first-order valence-electron chi connectivity index (χ1n) is 11.5. The maximum Gasteiger partial charge on any atom is 0.273 e. The van der Waals surface area contributed by atoms with Crippen molar-refractivity contribution in [2.75, 3.05) is 13.7 Å². The number of methoxy groups -OCH3 is 1. The minimum Gasteiger partial charge on any atom is -0.497 e. The van der Waals surface area contributed by atoms with E-state index in [1.165, 1.54) is 31.4 Å². The molecule has 1 heterocycles. The maximum atomic E-state index is 13.6. The fourth-order valence-electron chi connectivity index (χ4n) is 5.68. The van der Waals surface area contributed by atoms with Crippen LogP contribution in [0.1, 0.15) is 27.1 Å². The number of carbonyl (C=O) groups is 4. The van der Waals surface area contributed by atoms with Crippen LogP contribution in [0.5, 0.6) is 5.75 Å². The third-order valence-electron chi connectivity index (χ3n) is 7.47. The van der Waals surface area contributed by atoms with Crippen molar-refractivity contribution in [3.63, 3.8) is 0 Å². The maximum absolute atomic E-state index is 13.6. The monoisotopic (exact) mass is 633 g/mol. The standard InChI is InChI=1S/C25H21Br2N3O7/c1-37-15-8-4-12(5-9-15)18(31)11-28(23(32)13-2-6-14(7-3-13)30(35)36)29-24(33)19-16-10-17(20(19)25(29)34)22(27)21(16)26/h2-9,16-17,19-22H,10-11H2,1H3/t16-,17-,19-,20-,21-,22+/m1/s1. The lowest BCUT2D eigenvalue weighted by atomic mass is 9.81. The van der Waals surface area contributed by atoms with E-state index in [1.807, 2.05) is 0 Å². The summed E-state index contributed by atoms with van der Waals surface area (Å²) in [6, 6.07) is 11.0. The smallest absolute Gasteiger partial charge is 0.273 e. The van der Waals surface area contributed by atoms with Crippen molar-refractivity contribution in [3.8, 4) is 5.75 Å². The summed E-state index contributed by atoms with van der Waals surface area (Å²) in [6.45, 7) is -0.566. The van der Waals surface area contributed by atoms with Gasteiger partial charge in [-0.3, -0.25) is 29.3 Å². The number of benzene rings is 2. The molecule has 2 saturated carbocycles. The average molecular weight is 635 g/mol. The molecule has 192 valence electrons. The highest BCUT2D eigenvalue weighted by molar-refractivity contribution is 9.12. The average Bonchev–Trinajstić information content (AvgIpc) is 3.51. The molecule has 0 aromatic heterocycles. The zero-order valence-corrected chi connectivity index (χ0v) is 22.6. The number of fused-ring (bicyclic) bond motifs is 5. The van der Waals surface area contributed by atoms with E-state index in [0.717, 1.165) is 22.2 Å². The van der Waals surface area contributed by atoms with Crippen LogP contribution < -0.4 is 4.74 Å². The molecule has 0 unspecified atom stereocenters. The Balaban J connectivity index is 1.49. The Morgan fingerprint density at radius 1 is 0.973 bits per heavy atom. The van der Waals surface area contributed by atoms with Crippen LogP contribution in [0.2, 0.25) is 0 Å². The second-order valence-electron chi connectivity index (χ2n) is 9.31. The zero-order chi connectivity index (χ0) is 26.6. The van der Waals surface area contributed by atoms with E-state index in [1.54, 1.807) is 12.1 Å². The van der Waals surface area contributed by atoms with Crippen molar-refractivity contribution >= 4 is 61.1 Å². The lowest BCUT2D eigenvalue weighted by molar-refractivity contribution is -0.384. The largest absolute Gasteiger partial charge is 0.497 e. The molecular weight excluding hydrogens is 614 g/mol. The molecule has 2 aromatic carbocycles. The predicted molar refractivity (Wildman–Crippen MR) is 137 cm³/mol. The van der Waals surface area contributed by atoms with Crippen LogP contribution >= 0.6 is 31.9 Å². The van der Waals surface area contributed by atoms with E-state index in [2.05, 4.69) is 31.9 Å². The van der Waals surface area contributed by atoms with Gasteiger partial charge in [-0.25, -0.2) is 5.01 Å². The quantitative estimate of drug-likeness (QED) is 0.150. The number of halogens is 2. The van der Waals surface area contributed by atoms with Crippen LogP contribution in [0.4, 0.5) is 5.69 Å². The molecule has 10 nitrogen and oxygen atoms in total. The highest BCUT2D eigenvalue weighted by Crippen LogP contribution is 2.60. The van der Waals surface area contributed by atoms with Gasteiger partial charge in [0.05, 0.1) is 23.9 Å². The first kappa shape index (κ1) is 25.5. The van der Waals surface area contributed by atoms with E-state index in [9.17, 15) is 29.3 Å². The third kappa shape index (κ3) is 4.15. The Bertz CT molecular complexity index is 1270. The van der Waals surface area contributed by atoms with E-state index >= 15 is 0 Å². The van der Waals surface area contributed by atoms with Gasteiger partial charge in [0.25, 0.3) is 23.4 Å². The Morgan fingerprint density at radius 2 is 1.49 bits per heavy atom. The van der Waals surface area contributed by atoms with Crippen molar-refractivity contribution in [2.45, 2.75) is 16.1 Å². The van der Waals surface area contributed by atoms with Crippen molar-refractivity contribution in [1.82, 2.24) is 10.0 Å². The Morgan fingerprint density at radius 3 is 1.97 bits per heavy atom. The van der Waals surface area contributed by atoms with Crippen molar-refractivity contribution in [2.24, 2.45) is 23.7 Å².